The molecule has 0 unspecified atom stereocenters. The molecule has 2 amide bonds. The van der Waals surface area contributed by atoms with Crippen molar-refractivity contribution in [1.82, 2.24) is 29.2 Å². The van der Waals surface area contributed by atoms with Crippen LogP contribution in [0.25, 0.3) is 16.9 Å². The summed E-state index contributed by atoms with van der Waals surface area (Å²) in [7, 11) is 3.37. The first-order valence-corrected chi connectivity index (χ1v) is 11.5. The molecule has 1 aliphatic heterocycles. The molecule has 1 fully saturated rings. The Kier molecular flexibility index (Phi) is 5.90. The number of rotatable bonds is 4. The van der Waals surface area contributed by atoms with Crippen molar-refractivity contribution in [1.29, 1.82) is 0 Å². The number of aromatic nitrogens is 4. The maximum absolute atomic E-state index is 13.8. The van der Waals surface area contributed by atoms with Gasteiger partial charge in [-0.1, -0.05) is 30.3 Å². The van der Waals surface area contributed by atoms with E-state index >= 15 is 0 Å². The number of amides is 2. The number of benzene rings is 1. The van der Waals surface area contributed by atoms with Crippen LogP contribution in [-0.2, 0) is 0 Å². The highest BCUT2D eigenvalue weighted by molar-refractivity contribution is 6.00. The van der Waals surface area contributed by atoms with Gasteiger partial charge in [-0.05, 0) is 24.6 Å². The van der Waals surface area contributed by atoms with Crippen LogP contribution in [0.4, 0.5) is 5.82 Å². The van der Waals surface area contributed by atoms with Gasteiger partial charge in [0.1, 0.15) is 28.5 Å². The molecule has 9 heteroatoms. The van der Waals surface area contributed by atoms with Gasteiger partial charge in [-0.15, -0.1) is 0 Å². The SMILES string of the molecule is Cc1ccn2c(C(=O)N3CCN(c4cnc(C(=O)N(C)C)cn4)CC3)c(-c3ccccc3)nc2c1. The van der Waals surface area contributed by atoms with E-state index in [1.165, 1.54) is 11.1 Å². The molecule has 9 nitrogen and oxygen atoms in total. The van der Waals surface area contributed by atoms with Gasteiger partial charge in [0.15, 0.2) is 0 Å². The Hall–Kier alpha value is -4.27. The topological polar surface area (TPSA) is 86.9 Å². The average Bonchev–Trinajstić information content (AvgIpc) is 3.27. The van der Waals surface area contributed by atoms with Crippen molar-refractivity contribution in [3.63, 3.8) is 0 Å². The fourth-order valence-electron chi connectivity index (χ4n) is 4.26. The third kappa shape index (κ3) is 4.32. The molecule has 35 heavy (non-hydrogen) atoms. The molecule has 1 saturated heterocycles. The summed E-state index contributed by atoms with van der Waals surface area (Å²) in [5, 5.41) is 0. The molecular weight excluding hydrogens is 442 g/mol. The summed E-state index contributed by atoms with van der Waals surface area (Å²) in [5.74, 6) is 0.470. The predicted octanol–water partition coefficient (Wildman–Crippen LogP) is 2.76. The second-order valence-corrected chi connectivity index (χ2v) is 8.85. The van der Waals surface area contributed by atoms with Crippen molar-refractivity contribution < 1.29 is 9.59 Å². The number of anilines is 1. The summed E-state index contributed by atoms with van der Waals surface area (Å²) in [6, 6.07) is 13.8. The number of carbonyl (C=O) groups is 2. The Morgan fingerprint density at radius 3 is 2.34 bits per heavy atom. The van der Waals surface area contributed by atoms with E-state index in [0.29, 0.717) is 49.1 Å². The third-order valence-corrected chi connectivity index (χ3v) is 6.19. The summed E-state index contributed by atoms with van der Waals surface area (Å²) in [6.07, 6.45) is 5.04. The zero-order chi connectivity index (χ0) is 24.5. The van der Waals surface area contributed by atoms with E-state index in [0.717, 1.165) is 16.8 Å². The van der Waals surface area contributed by atoms with Crippen molar-refractivity contribution in [3.8, 4) is 11.3 Å². The highest BCUT2D eigenvalue weighted by atomic mass is 16.2. The first-order valence-electron chi connectivity index (χ1n) is 11.5. The fraction of sp³-hybridized carbons (Fsp3) is 0.269. The minimum atomic E-state index is -0.183. The van der Waals surface area contributed by atoms with Crippen LogP contribution in [0.1, 0.15) is 26.5 Å². The number of hydrogen-bond donors (Lipinski definition) is 0. The molecule has 0 spiro atoms. The smallest absolute Gasteiger partial charge is 0.273 e. The van der Waals surface area contributed by atoms with Crippen LogP contribution in [0.2, 0.25) is 0 Å². The van der Waals surface area contributed by atoms with Crippen molar-refractivity contribution in [2.75, 3.05) is 45.2 Å². The van der Waals surface area contributed by atoms with Gasteiger partial charge >= 0.3 is 0 Å². The number of imidazole rings is 1. The Morgan fingerprint density at radius 1 is 0.943 bits per heavy atom. The number of piperazine rings is 1. The molecule has 1 aliphatic rings. The van der Waals surface area contributed by atoms with Crippen molar-refractivity contribution in [3.05, 3.63) is 78.0 Å². The number of fused-ring (bicyclic) bond motifs is 1. The molecule has 4 aromatic rings. The third-order valence-electron chi connectivity index (χ3n) is 6.19. The highest BCUT2D eigenvalue weighted by Crippen LogP contribution is 2.27. The maximum atomic E-state index is 13.8. The van der Waals surface area contributed by atoms with E-state index in [2.05, 4.69) is 14.9 Å². The van der Waals surface area contributed by atoms with Gasteiger partial charge < -0.3 is 14.7 Å². The first kappa shape index (κ1) is 22.5. The quantitative estimate of drug-likeness (QED) is 0.457. The number of aryl methyl sites for hydroxylation is 1. The van der Waals surface area contributed by atoms with Gasteiger partial charge in [0.25, 0.3) is 11.8 Å². The largest absolute Gasteiger partial charge is 0.352 e. The second-order valence-electron chi connectivity index (χ2n) is 8.85. The van der Waals surface area contributed by atoms with E-state index in [1.54, 1.807) is 20.3 Å². The molecule has 3 aromatic heterocycles. The minimum Gasteiger partial charge on any atom is -0.352 e. The number of nitrogens with zero attached hydrogens (tertiary/aromatic N) is 7. The van der Waals surface area contributed by atoms with Crippen LogP contribution in [0, 0.1) is 6.92 Å². The highest BCUT2D eigenvalue weighted by Gasteiger charge is 2.28. The van der Waals surface area contributed by atoms with E-state index < -0.39 is 0 Å². The number of pyridine rings is 1. The van der Waals surface area contributed by atoms with Crippen LogP contribution in [0.3, 0.4) is 0 Å². The Labute approximate surface area is 203 Å². The molecule has 0 N–H and O–H groups in total. The summed E-state index contributed by atoms with van der Waals surface area (Å²) in [6.45, 7) is 4.36. The molecule has 0 aliphatic carbocycles. The summed E-state index contributed by atoms with van der Waals surface area (Å²) in [4.78, 5) is 44.7. The van der Waals surface area contributed by atoms with E-state index in [-0.39, 0.29) is 11.8 Å². The van der Waals surface area contributed by atoms with Gasteiger partial charge in [-0.3, -0.25) is 14.0 Å². The lowest BCUT2D eigenvalue weighted by atomic mass is 10.1. The minimum absolute atomic E-state index is 0.0436. The van der Waals surface area contributed by atoms with Gasteiger partial charge in [-0.25, -0.2) is 15.0 Å². The van der Waals surface area contributed by atoms with Crippen molar-refractivity contribution >= 4 is 23.3 Å². The summed E-state index contributed by atoms with van der Waals surface area (Å²) < 4.78 is 1.88. The van der Waals surface area contributed by atoms with Crippen molar-refractivity contribution in [2.24, 2.45) is 0 Å². The zero-order valence-corrected chi connectivity index (χ0v) is 20.0. The molecule has 5 rings (SSSR count). The fourth-order valence-corrected chi connectivity index (χ4v) is 4.26. The van der Waals surface area contributed by atoms with Gasteiger partial charge in [0.05, 0.1) is 12.4 Å². The maximum Gasteiger partial charge on any atom is 0.273 e. The lowest BCUT2D eigenvalue weighted by Crippen LogP contribution is -2.49. The molecule has 178 valence electrons. The van der Waals surface area contributed by atoms with E-state index in [4.69, 9.17) is 4.98 Å². The van der Waals surface area contributed by atoms with Gasteiger partial charge in [0, 0.05) is 52.0 Å². The Bertz CT molecular complexity index is 1370. The predicted molar refractivity (Wildman–Crippen MR) is 134 cm³/mol. The first-order chi connectivity index (χ1) is 16.9. The summed E-state index contributed by atoms with van der Waals surface area (Å²) >= 11 is 0. The van der Waals surface area contributed by atoms with Crippen LogP contribution < -0.4 is 4.90 Å². The molecule has 4 heterocycles. The average molecular weight is 470 g/mol. The number of hydrogen-bond acceptors (Lipinski definition) is 6. The van der Waals surface area contributed by atoms with E-state index in [9.17, 15) is 9.59 Å². The molecule has 0 saturated carbocycles. The normalized spacial score (nSPS) is 13.8. The van der Waals surface area contributed by atoms with Crippen LogP contribution >= 0.6 is 0 Å². The lowest BCUT2D eigenvalue weighted by Gasteiger charge is -2.35. The van der Waals surface area contributed by atoms with Crippen LogP contribution in [0.15, 0.2) is 61.1 Å². The Morgan fingerprint density at radius 2 is 1.69 bits per heavy atom. The zero-order valence-electron chi connectivity index (χ0n) is 20.0. The number of carbonyl (C=O) groups excluding carboxylic acids is 2. The summed E-state index contributed by atoms with van der Waals surface area (Å²) in [5.41, 5.74) is 4.34. The van der Waals surface area contributed by atoms with Gasteiger partial charge in [0.2, 0.25) is 0 Å². The molecule has 0 atom stereocenters. The Balaban J connectivity index is 1.37. The molecular formula is C26H27N7O2. The monoisotopic (exact) mass is 469 g/mol. The van der Waals surface area contributed by atoms with Crippen LogP contribution in [-0.4, -0.2) is 81.2 Å². The standard InChI is InChI=1S/C26H27N7O2/c1-18-9-10-33-21(15-18)29-23(19-7-5-4-6-8-19)24(33)26(35)32-13-11-31(12-14-32)22-17-27-20(16-28-22)25(34)30(2)3/h4-10,15-17H,11-14H2,1-3H3. The van der Waals surface area contributed by atoms with E-state index in [1.807, 2.05) is 64.9 Å². The molecule has 1 aromatic carbocycles. The molecule has 0 radical (unpaired) electrons. The lowest BCUT2D eigenvalue weighted by molar-refractivity contribution is 0.0739. The van der Waals surface area contributed by atoms with Crippen molar-refractivity contribution in [2.45, 2.75) is 6.92 Å². The second kappa shape index (κ2) is 9.17. The molecule has 0 bridgehead atoms. The van der Waals surface area contributed by atoms with Gasteiger partial charge in [-0.2, -0.15) is 0 Å². The van der Waals surface area contributed by atoms with Crippen LogP contribution in [0.5, 0.6) is 0 Å².